The summed E-state index contributed by atoms with van der Waals surface area (Å²) < 4.78 is 5.06. The molecule has 0 fully saturated rings. The Morgan fingerprint density at radius 1 is 1.42 bits per heavy atom. The first-order valence-corrected chi connectivity index (χ1v) is 4.45. The van der Waals surface area contributed by atoms with E-state index >= 15 is 0 Å². The predicted octanol–water partition coefficient (Wildman–Crippen LogP) is 1.31. The molecule has 2 N–H and O–H groups in total. The molecule has 0 spiro atoms. The molecule has 0 aliphatic heterocycles. The first kappa shape index (κ1) is 11.4. The van der Waals surface area contributed by atoms with Gasteiger partial charge in [-0.05, 0) is 19.3 Å². The lowest BCUT2D eigenvalue weighted by Gasteiger charge is -2.17. The van der Waals surface area contributed by atoms with Gasteiger partial charge in [-0.1, -0.05) is 20.8 Å². The molecule has 0 amide bonds. The molecule has 0 heterocycles. The van der Waals surface area contributed by atoms with Crippen molar-refractivity contribution in [3.8, 4) is 0 Å². The summed E-state index contributed by atoms with van der Waals surface area (Å²) >= 11 is 0. The normalized spacial score (nSPS) is 15.8. The Kier molecular flexibility index (Phi) is 4.90. The second kappa shape index (κ2) is 5.14. The van der Waals surface area contributed by atoms with Gasteiger partial charge in [0.05, 0.1) is 6.10 Å². The van der Waals surface area contributed by atoms with Crippen molar-refractivity contribution < 1.29 is 9.53 Å². The van der Waals surface area contributed by atoms with Gasteiger partial charge >= 0.3 is 5.97 Å². The Balaban J connectivity index is 3.87. The molecule has 0 radical (unpaired) electrons. The van der Waals surface area contributed by atoms with Crippen molar-refractivity contribution in [2.24, 2.45) is 11.7 Å². The number of hydrogen-bond acceptors (Lipinski definition) is 3. The van der Waals surface area contributed by atoms with E-state index in [0.717, 1.165) is 6.42 Å². The number of nitrogens with two attached hydrogens (primary N) is 1. The average molecular weight is 173 g/mol. The van der Waals surface area contributed by atoms with Crippen LogP contribution in [0.4, 0.5) is 0 Å². The van der Waals surface area contributed by atoms with Gasteiger partial charge in [-0.2, -0.15) is 0 Å². The van der Waals surface area contributed by atoms with E-state index in [1.165, 1.54) is 0 Å². The third-order valence-electron chi connectivity index (χ3n) is 1.88. The van der Waals surface area contributed by atoms with Crippen LogP contribution in [0.25, 0.3) is 0 Å². The standard InChI is InChI=1S/C9H19NO2/c1-5-7(4)12-9(11)8(10)6(2)3/h6-8H,5,10H2,1-4H3/t7-,8-/m0/s1. The molecule has 3 nitrogen and oxygen atoms in total. The van der Waals surface area contributed by atoms with E-state index in [0.29, 0.717) is 0 Å². The lowest BCUT2D eigenvalue weighted by atomic mass is 10.1. The van der Waals surface area contributed by atoms with Gasteiger partial charge < -0.3 is 10.5 Å². The fraction of sp³-hybridized carbons (Fsp3) is 0.889. The van der Waals surface area contributed by atoms with Gasteiger partial charge in [-0.3, -0.25) is 4.79 Å². The van der Waals surface area contributed by atoms with Gasteiger partial charge in [0.25, 0.3) is 0 Å². The number of rotatable bonds is 4. The zero-order valence-corrected chi connectivity index (χ0v) is 8.33. The van der Waals surface area contributed by atoms with Gasteiger partial charge in [0.1, 0.15) is 6.04 Å². The summed E-state index contributed by atoms with van der Waals surface area (Å²) in [7, 11) is 0. The number of carbonyl (C=O) groups excluding carboxylic acids is 1. The molecule has 0 aliphatic carbocycles. The fourth-order valence-electron chi connectivity index (χ4n) is 0.632. The third kappa shape index (κ3) is 3.72. The van der Waals surface area contributed by atoms with Crippen molar-refractivity contribution in [3.05, 3.63) is 0 Å². The Morgan fingerprint density at radius 3 is 2.25 bits per heavy atom. The zero-order chi connectivity index (χ0) is 9.72. The minimum Gasteiger partial charge on any atom is -0.462 e. The van der Waals surface area contributed by atoms with E-state index in [9.17, 15) is 4.79 Å². The lowest BCUT2D eigenvalue weighted by Crippen LogP contribution is -2.38. The molecule has 0 bridgehead atoms. The summed E-state index contributed by atoms with van der Waals surface area (Å²) in [6.45, 7) is 7.65. The second-order valence-electron chi connectivity index (χ2n) is 3.43. The van der Waals surface area contributed by atoms with Crippen molar-refractivity contribution in [3.63, 3.8) is 0 Å². The number of carbonyl (C=O) groups is 1. The van der Waals surface area contributed by atoms with Gasteiger partial charge in [-0.25, -0.2) is 0 Å². The van der Waals surface area contributed by atoms with Crippen LogP contribution in [0.5, 0.6) is 0 Å². The number of esters is 1. The highest BCUT2D eigenvalue weighted by Crippen LogP contribution is 2.04. The average Bonchev–Trinajstić information content (AvgIpc) is 2.02. The quantitative estimate of drug-likeness (QED) is 0.652. The van der Waals surface area contributed by atoms with E-state index in [1.54, 1.807) is 0 Å². The summed E-state index contributed by atoms with van der Waals surface area (Å²) in [5.41, 5.74) is 5.59. The summed E-state index contributed by atoms with van der Waals surface area (Å²) in [6.07, 6.45) is 0.804. The number of hydrogen-bond donors (Lipinski definition) is 1. The Bertz CT molecular complexity index is 145. The molecule has 0 unspecified atom stereocenters. The van der Waals surface area contributed by atoms with Crippen molar-refractivity contribution in [1.82, 2.24) is 0 Å². The summed E-state index contributed by atoms with van der Waals surface area (Å²) in [4.78, 5) is 11.2. The predicted molar refractivity (Wildman–Crippen MR) is 48.7 cm³/mol. The largest absolute Gasteiger partial charge is 0.462 e. The third-order valence-corrected chi connectivity index (χ3v) is 1.88. The molecule has 12 heavy (non-hydrogen) atoms. The first-order valence-electron chi connectivity index (χ1n) is 4.45. The fourth-order valence-corrected chi connectivity index (χ4v) is 0.632. The molecule has 2 atom stereocenters. The van der Waals surface area contributed by atoms with Crippen molar-refractivity contribution >= 4 is 5.97 Å². The highest BCUT2D eigenvalue weighted by molar-refractivity contribution is 5.75. The lowest BCUT2D eigenvalue weighted by molar-refractivity contribution is -0.151. The molecule has 0 aromatic heterocycles. The molecule has 0 aromatic rings. The Morgan fingerprint density at radius 2 is 1.92 bits per heavy atom. The van der Waals surface area contributed by atoms with Gasteiger partial charge in [0.2, 0.25) is 0 Å². The monoisotopic (exact) mass is 173 g/mol. The van der Waals surface area contributed by atoms with Crippen LogP contribution in [-0.4, -0.2) is 18.1 Å². The molecule has 72 valence electrons. The first-order chi connectivity index (χ1) is 5.49. The smallest absolute Gasteiger partial charge is 0.323 e. The van der Waals surface area contributed by atoms with Crippen LogP contribution in [0.2, 0.25) is 0 Å². The summed E-state index contributed by atoms with van der Waals surface area (Å²) in [5.74, 6) is -0.152. The van der Waals surface area contributed by atoms with Crippen LogP contribution in [0.3, 0.4) is 0 Å². The van der Waals surface area contributed by atoms with Crippen molar-refractivity contribution in [1.29, 1.82) is 0 Å². The maximum atomic E-state index is 11.2. The van der Waals surface area contributed by atoms with E-state index in [2.05, 4.69) is 0 Å². The van der Waals surface area contributed by atoms with Crippen molar-refractivity contribution in [2.75, 3.05) is 0 Å². The Labute approximate surface area is 74.3 Å². The van der Waals surface area contributed by atoms with Crippen LogP contribution in [0.1, 0.15) is 34.1 Å². The maximum Gasteiger partial charge on any atom is 0.323 e. The van der Waals surface area contributed by atoms with Gasteiger partial charge in [0.15, 0.2) is 0 Å². The van der Waals surface area contributed by atoms with E-state index < -0.39 is 6.04 Å². The SMILES string of the molecule is CC[C@H](C)OC(=O)[C@@H](N)C(C)C. The van der Waals surface area contributed by atoms with Crippen LogP contribution < -0.4 is 5.73 Å². The molecule has 0 aromatic carbocycles. The zero-order valence-electron chi connectivity index (χ0n) is 8.33. The van der Waals surface area contributed by atoms with Crippen LogP contribution in [0, 0.1) is 5.92 Å². The summed E-state index contributed by atoms with van der Waals surface area (Å²) in [6, 6.07) is -0.487. The van der Waals surface area contributed by atoms with Gasteiger partial charge in [0, 0.05) is 0 Å². The highest BCUT2D eigenvalue weighted by atomic mass is 16.5. The van der Waals surface area contributed by atoms with E-state index in [1.807, 2.05) is 27.7 Å². The molecule has 0 rings (SSSR count). The molecule has 0 aliphatic rings. The summed E-state index contributed by atoms with van der Waals surface area (Å²) in [5, 5.41) is 0. The minimum absolute atomic E-state index is 0.0256. The molecular weight excluding hydrogens is 154 g/mol. The van der Waals surface area contributed by atoms with Gasteiger partial charge in [-0.15, -0.1) is 0 Å². The topological polar surface area (TPSA) is 52.3 Å². The van der Waals surface area contributed by atoms with Crippen LogP contribution >= 0.6 is 0 Å². The van der Waals surface area contributed by atoms with Crippen molar-refractivity contribution in [2.45, 2.75) is 46.3 Å². The second-order valence-corrected chi connectivity index (χ2v) is 3.43. The van der Waals surface area contributed by atoms with Crippen LogP contribution in [0.15, 0.2) is 0 Å². The minimum atomic E-state index is -0.487. The molecule has 0 saturated heterocycles. The van der Waals surface area contributed by atoms with Crippen LogP contribution in [-0.2, 0) is 9.53 Å². The highest BCUT2D eigenvalue weighted by Gasteiger charge is 2.19. The molecule has 0 saturated carbocycles. The molecule has 3 heteroatoms. The van der Waals surface area contributed by atoms with E-state index in [-0.39, 0.29) is 18.0 Å². The molecular formula is C9H19NO2. The Hall–Kier alpha value is -0.570. The number of ether oxygens (including phenoxy) is 1. The van der Waals surface area contributed by atoms with E-state index in [4.69, 9.17) is 10.5 Å². The maximum absolute atomic E-state index is 11.2.